The second kappa shape index (κ2) is 6.82. The maximum absolute atomic E-state index is 4.23. The van der Waals surface area contributed by atoms with E-state index in [2.05, 4.69) is 108 Å². The number of hydrogen-bond donors (Lipinski definition) is 0. The van der Waals surface area contributed by atoms with E-state index in [4.69, 9.17) is 0 Å². The molecule has 0 atom stereocenters. The Morgan fingerprint density at radius 3 is 1.53 bits per heavy atom. The summed E-state index contributed by atoms with van der Waals surface area (Å²) in [5.41, 5.74) is 5.05. The van der Waals surface area contributed by atoms with Gasteiger partial charge in [-0.25, -0.2) is 0 Å². The van der Waals surface area contributed by atoms with Crippen LogP contribution in [-0.4, -0.2) is 4.98 Å². The van der Waals surface area contributed by atoms with E-state index in [1.54, 1.807) is 0 Å². The van der Waals surface area contributed by atoms with E-state index in [0.29, 0.717) is 0 Å². The molecule has 1 heterocycles. The third kappa shape index (κ3) is 2.53. The van der Waals surface area contributed by atoms with Crippen molar-refractivity contribution in [1.29, 1.82) is 0 Å². The molecule has 0 aliphatic heterocycles. The Labute approximate surface area is 175 Å². The Bertz CT molecular complexity index is 1470. The molecule has 0 aliphatic rings. The van der Waals surface area contributed by atoms with Crippen molar-refractivity contribution in [1.82, 2.24) is 4.98 Å². The van der Waals surface area contributed by atoms with Gasteiger partial charge in [0.15, 0.2) is 0 Å². The van der Waals surface area contributed by atoms with Gasteiger partial charge in [-0.05, 0) is 66.7 Å². The Hall–Kier alpha value is -3.97. The maximum atomic E-state index is 4.23. The minimum Gasteiger partial charge on any atom is -0.265 e. The molecule has 6 aromatic rings. The van der Waals surface area contributed by atoms with Crippen molar-refractivity contribution in [3.8, 4) is 22.3 Å². The third-order valence-electron chi connectivity index (χ3n) is 5.96. The van der Waals surface area contributed by atoms with Crippen molar-refractivity contribution in [2.75, 3.05) is 0 Å². The van der Waals surface area contributed by atoms with E-state index in [1.165, 1.54) is 54.6 Å². The fourth-order valence-corrected chi connectivity index (χ4v) is 4.69. The predicted molar refractivity (Wildman–Crippen MR) is 128 cm³/mol. The molecule has 0 saturated carbocycles. The van der Waals surface area contributed by atoms with Crippen LogP contribution in [-0.2, 0) is 0 Å². The van der Waals surface area contributed by atoms with Crippen LogP contribution in [0.15, 0.2) is 116 Å². The normalized spacial score (nSPS) is 11.3. The van der Waals surface area contributed by atoms with E-state index < -0.39 is 0 Å². The number of fused-ring (bicyclic) bond motifs is 3. The molecule has 0 unspecified atom stereocenters. The standard InChI is InChI=1S/C29H19N/c1-2-10-22-20(8-1)9-7-15-23(22)29-26-13-5-3-11-24(26)28(21-16-18-30-19-17-21)25-12-4-6-14-27(25)29/h1-19H. The van der Waals surface area contributed by atoms with Crippen molar-refractivity contribution in [2.24, 2.45) is 0 Å². The average molecular weight is 381 g/mol. The van der Waals surface area contributed by atoms with Crippen LogP contribution in [0.4, 0.5) is 0 Å². The Morgan fingerprint density at radius 2 is 0.900 bits per heavy atom. The van der Waals surface area contributed by atoms with Crippen LogP contribution in [0.25, 0.3) is 54.6 Å². The monoisotopic (exact) mass is 381 g/mol. The molecule has 0 amide bonds. The molecular weight excluding hydrogens is 362 g/mol. The maximum Gasteiger partial charge on any atom is 0.0273 e. The summed E-state index contributed by atoms with van der Waals surface area (Å²) in [6, 6.07) is 37.0. The summed E-state index contributed by atoms with van der Waals surface area (Å²) in [7, 11) is 0. The fourth-order valence-electron chi connectivity index (χ4n) is 4.69. The van der Waals surface area contributed by atoms with Gasteiger partial charge in [-0.15, -0.1) is 0 Å². The van der Waals surface area contributed by atoms with E-state index in [0.717, 1.165) is 0 Å². The lowest BCUT2D eigenvalue weighted by Crippen LogP contribution is -1.91. The lowest BCUT2D eigenvalue weighted by Gasteiger charge is -2.18. The summed E-state index contributed by atoms with van der Waals surface area (Å²) in [5.74, 6) is 0. The van der Waals surface area contributed by atoms with Crippen LogP contribution in [0, 0.1) is 0 Å². The first-order chi connectivity index (χ1) is 14.9. The zero-order valence-corrected chi connectivity index (χ0v) is 16.4. The lowest BCUT2D eigenvalue weighted by atomic mass is 9.85. The number of aromatic nitrogens is 1. The van der Waals surface area contributed by atoms with Gasteiger partial charge in [0.1, 0.15) is 0 Å². The van der Waals surface area contributed by atoms with Gasteiger partial charge in [0.2, 0.25) is 0 Å². The summed E-state index contributed by atoms with van der Waals surface area (Å²) in [4.78, 5) is 4.23. The quantitative estimate of drug-likeness (QED) is 0.278. The lowest BCUT2D eigenvalue weighted by molar-refractivity contribution is 1.33. The first-order valence-corrected chi connectivity index (χ1v) is 10.2. The molecule has 0 saturated heterocycles. The molecule has 0 fully saturated rings. The topological polar surface area (TPSA) is 12.9 Å². The van der Waals surface area contributed by atoms with Crippen LogP contribution in [0.3, 0.4) is 0 Å². The van der Waals surface area contributed by atoms with Crippen molar-refractivity contribution < 1.29 is 0 Å². The molecule has 140 valence electrons. The minimum atomic E-state index is 1.20. The number of nitrogens with zero attached hydrogens (tertiary/aromatic N) is 1. The summed E-state index contributed by atoms with van der Waals surface area (Å²) in [6.45, 7) is 0. The first kappa shape index (κ1) is 16.9. The molecule has 0 spiro atoms. The minimum absolute atomic E-state index is 1.20. The van der Waals surface area contributed by atoms with Crippen LogP contribution in [0.2, 0.25) is 0 Å². The smallest absolute Gasteiger partial charge is 0.0273 e. The molecule has 6 rings (SSSR count). The van der Waals surface area contributed by atoms with Gasteiger partial charge in [0, 0.05) is 12.4 Å². The highest BCUT2D eigenvalue weighted by Crippen LogP contribution is 2.44. The zero-order chi connectivity index (χ0) is 19.9. The van der Waals surface area contributed by atoms with Gasteiger partial charge in [0.25, 0.3) is 0 Å². The number of pyridine rings is 1. The van der Waals surface area contributed by atoms with Crippen molar-refractivity contribution >= 4 is 32.3 Å². The van der Waals surface area contributed by atoms with Gasteiger partial charge in [-0.2, -0.15) is 0 Å². The summed E-state index contributed by atoms with van der Waals surface area (Å²) in [6.07, 6.45) is 3.75. The molecule has 1 heteroatoms. The molecule has 5 aromatic carbocycles. The predicted octanol–water partition coefficient (Wildman–Crippen LogP) is 7.88. The number of rotatable bonds is 2. The summed E-state index contributed by atoms with van der Waals surface area (Å²) < 4.78 is 0. The second-order valence-electron chi connectivity index (χ2n) is 7.60. The molecule has 0 bridgehead atoms. The fraction of sp³-hybridized carbons (Fsp3) is 0. The molecular formula is C29H19N. The number of benzene rings is 5. The first-order valence-electron chi connectivity index (χ1n) is 10.2. The van der Waals surface area contributed by atoms with Crippen LogP contribution in [0.5, 0.6) is 0 Å². The second-order valence-corrected chi connectivity index (χ2v) is 7.60. The highest BCUT2D eigenvalue weighted by molar-refractivity contribution is 6.23. The van der Waals surface area contributed by atoms with E-state index in [-0.39, 0.29) is 0 Å². The molecule has 1 nitrogen and oxygen atoms in total. The molecule has 30 heavy (non-hydrogen) atoms. The molecule has 0 aliphatic carbocycles. The van der Waals surface area contributed by atoms with Crippen LogP contribution < -0.4 is 0 Å². The van der Waals surface area contributed by atoms with E-state index in [1.807, 2.05) is 12.4 Å². The molecule has 0 N–H and O–H groups in total. The highest BCUT2D eigenvalue weighted by Gasteiger charge is 2.17. The largest absolute Gasteiger partial charge is 0.265 e. The van der Waals surface area contributed by atoms with Crippen LogP contribution in [0.1, 0.15) is 0 Å². The highest BCUT2D eigenvalue weighted by atomic mass is 14.6. The van der Waals surface area contributed by atoms with Crippen molar-refractivity contribution in [2.45, 2.75) is 0 Å². The Balaban J connectivity index is 1.85. The SMILES string of the molecule is c1ccc2c(-c3c4ccccc4c(-c4ccncc4)c4ccccc34)cccc2c1. The van der Waals surface area contributed by atoms with E-state index >= 15 is 0 Å². The average Bonchev–Trinajstić information content (AvgIpc) is 2.83. The van der Waals surface area contributed by atoms with Crippen LogP contribution >= 0.6 is 0 Å². The summed E-state index contributed by atoms with van der Waals surface area (Å²) >= 11 is 0. The Kier molecular flexibility index (Phi) is 3.85. The third-order valence-corrected chi connectivity index (χ3v) is 5.96. The number of hydrogen-bond acceptors (Lipinski definition) is 1. The van der Waals surface area contributed by atoms with Crippen molar-refractivity contribution in [3.05, 3.63) is 116 Å². The zero-order valence-electron chi connectivity index (χ0n) is 16.4. The van der Waals surface area contributed by atoms with Gasteiger partial charge in [-0.3, -0.25) is 4.98 Å². The molecule has 0 radical (unpaired) electrons. The summed E-state index contributed by atoms with van der Waals surface area (Å²) in [5, 5.41) is 7.64. The Morgan fingerprint density at radius 1 is 0.400 bits per heavy atom. The van der Waals surface area contributed by atoms with Crippen molar-refractivity contribution in [3.63, 3.8) is 0 Å². The van der Waals surface area contributed by atoms with Gasteiger partial charge in [-0.1, -0.05) is 91.0 Å². The van der Waals surface area contributed by atoms with E-state index in [9.17, 15) is 0 Å². The van der Waals surface area contributed by atoms with Gasteiger partial charge < -0.3 is 0 Å². The van der Waals surface area contributed by atoms with Gasteiger partial charge in [0.05, 0.1) is 0 Å². The molecule has 1 aromatic heterocycles. The van der Waals surface area contributed by atoms with Gasteiger partial charge >= 0.3 is 0 Å².